The van der Waals surface area contributed by atoms with E-state index in [9.17, 15) is 8.78 Å². The van der Waals surface area contributed by atoms with Crippen LogP contribution in [0.4, 0.5) is 8.78 Å². The molecule has 0 saturated heterocycles. The van der Waals surface area contributed by atoms with Crippen molar-refractivity contribution in [2.24, 2.45) is 5.92 Å². The Morgan fingerprint density at radius 2 is 2.05 bits per heavy atom. The lowest BCUT2D eigenvalue weighted by Gasteiger charge is -2.12. The number of hydrogen-bond acceptors (Lipinski definition) is 3. The molecule has 2 rings (SSSR count). The molecule has 0 saturated carbocycles. The maximum atomic E-state index is 13.6. The summed E-state index contributed by atoms with van der Waals surface area (Å²) < 4.78 is 32.2. The van der Waals surface area contributed by atoms with Crippen molar-refractivity contribution < 1.29 is 13.5 Å². The van der Waals surface area contributed by atoms with Gasteiger partial charge in [-0.2, -0.15) is 0 Å². The SMILES string of the molecule is CC(C)CNCc1cccnc1Oc1cc(F)ccc1F. The third-order valence-corrected chi connectivity index (χ3v) is 2.82. The predicted octanol–water partition coefficient (Wildman–Crippen LogP) is 3.90. The van der Waals surface area contributed by atoms with Gasteiger partial charge in [0.15, 0.2) is 11.6 Å². The molecule has 3 nitrogen and oxygen atoms in total. The summed E-state index contributed by atoms with van der Waals surface area (Å²) in [6, 6.07) is 6.71. The average molecular weight is 292 g/mol. The highest BCUT2D eigenvalue weighted by Gasteiger charge is 2.10. The number of nitrogens with zero attached hydrogens (tertiary/aromatic N) is 1. The molecule has 0 unspecified atom stereocenters. The second-order valence-electron chi connectivity index (χ2n) is 5.17. The van der Waals surface area contributed by atoms with Crippen molar-refractivity contribution in [1.29, 1.82) is 0 Å². The van der Waals surface area contributed by atoms with Crippen molar-refractivity contribution in [3.8, 4) is 11.6 Å². The van der Waals surface area contributed by atoms with Crippen LogP contribution < -0.4 is 10.1 Å². The van der Waals surface area contributed by atoms with E-state index in [-0.39, 0.29) is 11.6 Å². The van der Waals surface area contributed by atoms with Gasteiger partial charge in [-0.1, -0.05) is 19.9 Å². The lowest BCUT2D eigenvalue weighted by atomic mass is 10.2. The van der Waals surface area contributed by atoms with E-state index in [0.717, 1.165) is 30.3 Å². The number of nitrogens with one attached hydrogen (secondary N) is 1. The van der Waals surface area contributed by atoms with Crippen LogP contribution in [0.5, 0.6) is 11.6 Å². The summed E-state index contributed by atoms with van der Waals surface area (Å²) in [5, 5.41) is 3.27. The van der Waals surface area contributed by atoms with E-state index >= 15 is 0 Å². The number of ether oxygens (including phenoxy) is 1. The van der Waals surface area contributed by atoms with E-state index in [4.69, 9.17) is 4.74 Å². The standard InChI is InChI=1S/C16H18F2N2O/c1-11(2)9-19-10-12-4-3-7-20-16(12)21-15-8-13(17)5-6-14(15)18/h3-8,11,19H,9-10H2,1-2H3. The zero-order chi connectivity index (χ0) is 15.2. The molecule has 1 aromatic carbocycles. The Balaban J connectivity index is 2.14. The predicted molar refractivity (Wildman–Crippen MR) is 77.2 cm³/mol. The van der Waals surface area contributed by atoms with Gasteiger partial charge in [0.1, 0.15) is 5.82 Å². The van der Waals surface area contributed by atoms with Crippen molar-refractivity contribution in [3.63, 3.8) is 0 Å². The van der Waals surface area contributed by atoms with Crippen LogP contribution in [0.15, 0.2) is 36.5 Å². The minimum Gasteiger partial charge on any atom is -0.436 e. The van der Waals surface area contributed by atoms with Crippen LogP contribution in [0.1, 0.15) is 19.4 Å². The van der Waals surface area contributed by atoms with E-state index in [2.05, 4.69) is 24.1 Å². The number of pyridine rings is 1. The highest BCUT2D eigenvalue weighted by Crippen LogP contribution is 2.26. The van der Waals surface area contributed by atoms with Crippen LogP contribution in [0, 0.1) is 17.6 Å². The highest BCUT2D eigenvalue weighted by molar-refractivity contribution is 5.33. The second kappa shape index (κ2) is 7.13. The Kier molecular flexibility index (Phi) is 5.22. The van der Waals surface area contributed by atoms with Crippen LogP contribution in [-0.4, -0.2) is 11.5 Å². The normalized spacial score (nSPS) is 10.9. The molecule has 0 atom stereocenters. The summed E-state index contributed by atoms with van der Waals surface area (Å²) in [6.45, 7) is 5.62. The van der Waals surface area contributed by atoms with Crippen molar-refractivity contribution in [2.45, 2.75) is 20.4 Å². The molecule has 0 aliphatic heterocycles. The molecule has 0 aliphatic carbocycles. The Hall–Kier alpha value is -2.01. The first-order valence-corrected chi connectivity index (χ1v) is 6.84. The van der Waals surface area contributed by atoms with E-state index in [1.807, 2.05) is 6.07 Å². The fourth-order valence-corrected chi connectivity index (χ4v) is 1.81. The highest BCUT2D eigenvalue weighted by atomic mass is 19.1. The Morgan fingerprint density at radius 1 is 1.24 bits per heavy atom. The zero-order valence-corrected chi connectivity index (χ0v) is 12.1. The Labute approximate surface area is 123 Å². The van der Waals surface area contributed by atoms with Crippen LogP contribution in [0.25, 0.3) is 0 Å². The summed E-state index contributed by atoms with van der Waals surface area (Å²) >= 11 is 0. The molecule has 0 amide bonds. The van der Waals surface area contributed by atoms with Gasteiger partial charge in [-0.15, -0.1) is 0 Å². The third-order valence-electron chi connectivity index (χ3n) is 2.82. The monoisotopic (exact) mass is 292 g/mol. The molecule has 0 bridgehead atoms. The molecule has 21 heavy (non-hydrogen) atoms. The number of halogens is 2. The van der Waals surface area contributed by atoms with Gasteiger partial charge in [0.05, 0.1) is 0 Å². The summed E-state index contributed by atoms with van der Waals surface area (Å²) in [5.74, 6) is -0.547. The Morgan fingerprint density at radius 3 is 2.81 bits per heavy atom. The summed E-state index contributed by atoms with van der Waals surface area (Å²) in [6.07, 6.45) is 1.55. The van der Waals surface area contributed by atoms with Crippen molar-refractivity contribution in [1.82, 2.24) is 10.3 Å². The molecular formula is C16H18F2N2O. The van der Waals surface area contributed by atoms with Gasteiger partial charge in [0, 0.05) is 24.4 Å². The maximum absolute atomic E-state index is 13.6. The van der Waals surface area contributed by atoms with Crippen molar-refractivity contribution in [3.05, 3.63) is 53.7 Å². The molecule has 112 valence electrons. The Bertz CT molecular complexity index is 603. The molecule has 0 aliphatic rings. The van der Waals surface area contributed by atoms with Crippen molar-refractivity contribution in [2.75, 3.05) is 6.54 Å². The van der Waals surface area contributed by atoms with Gasteiger partial charge < -0.3 is 10.1 Å². The zero-order valence-electron chi connectivity index (χ0n) is 12.1. The number of hydrogen-bond donors (Lipinski definition) is 1. The maximum Gasteiger partial charge on any atom is 0.223 e. The van der Waals surface area contributed by atoms with Crippen LogP contribution in [0.3, 0.4) is 0 Å². The summed E-state index contributed by atoms with van der Waals surface area (Å²) in [7, 11) is 0. The summed E-state index contributed by atoms with van der Waals surface area (Å²) in [4.78, 5) is 4.09. The topological polar surface area (TPSA) is 34.2 Å². The quantitative estimate of drug-likeness (QED) is 0.877. The largest absolute Gasteiger partial charge is 0.436 e. The van der Waals surface area contributed by atoms with Gasteiger partial charge in [-0.05, 0) is 30.7 Å². The van der Waals surface area contributed by atoms with Gasteiger partial charge >= 0.3 is 0 Å². The third kappa shape index (κ3) is 4.49. The van der Waals surface area contributed by atoms with Crippen LogP contribution in [-0.2, 0) is 6.54 Å². The lowest BCUT2D eigenvalue weighted by Crippen LogP contribution is -2.19. The van der Waals surface area contributed by atoms with Gasteiger partial charge in [0.25, 0.3) is 0 Å². The molecular weight excluding hydrogens is 274 g/mol. The minimum atomic E-state index is -0.622. The molecule has 5 heteroatoms. The number of aromatic nitrogens is 1. The van der Waals surface area contributed by atoms with E-state index in [1.165, 1.54) is 0 Å². The number of benzene rings is 1. The van der Waals surface area contributed by atoms with Gasteiger partial charge in [-0.3, -0.25) is 0 Å². The minimum absolute atomic E-state index is 0.168. The second-order valence-corrected chi connectivity index (χ2v) is 5.17. The lowest BCUT2D eigenvalue weighted by molar-refractivity contribution is 0.414. The molecule has 2 aromatic rings. The van der Waals surface area contributed by atoms with E-state index in [1.54, 1.807) is 12.3 Å². The number of rotatable bonds is 6. The molecule has 1 N–H and O–H groups in total. The average Bonchev–Trinajstić information content (AvgIpc) is 2.44. The summed E-state index contributed by atoms with van der Waals surface area (Å²) in [5.41, 5.74) is 0.793. The van der Waals surface area contributed by atoms with Crippen LogP contribution >= 0.6 is 0 Å². The fraction of sp³-hybridized carbons (Fsp3) is 0.312. The first kappa shape index (κ1) is 15.4. The van der Waals surface area contributed by atoms with Crippen LogP contribution in [0.2, 0.25) is 0 Å². The van der Waals surface area contributed by atoms with Gasteiger partial charge in [0.2, 0.25) is 5.88 Å². The van der Waals surface area contributed by atoms with Gasteiger partial charge in [-0.25, -0.2) is 13.8 Å². The smallest absolute Gasteiger partial charge is 0.223 e. The molecule has 1 aromatic heterocycles. The van der Waals surface area contributed by atoms with E-state index < -0.39 is 11.6 Å². The molecule has 0 fully saturated rings. The first-order valence-electron chi connectivity index (χ1n) is 6.84. The van der Waals surface area contributed by atoms with E-state index in [0.29, 0.717) is 12.5 Å². The first-order chi connectivity index (χ1) is 10.1. The van der Waals surface area contributed by atoms with Crippen molar-refractivity contribution >= 4 is 0 Å². The molecule has 0 radical (unpaired) electrons. The fourth-order valence-electron chi connectivity index (χ4n) is 1.81. The molecule has 0 spiro atoms. The molecule has 1 heterocycles.